The summed E-state index contributed by atoms with van der Waals surface area (Å²) in [5.74, 6) is 0.0782. The molecule has 0 spiro atoms. The largest absolute Gasteiger partial charge is 0.381 e. The van der Waals surface area contributed by atoms with Gasteiger partial charge in [0.15, 0.2) is 5.78 Å². The Bertz CT molecular complexity index is 353. The van der Waals surface area contributed by atoms with Crippen LogP contribution >= 0.6 is 0 Å². The van der Waals surface area contributed by atoms with Gasteiger partial charge in [0, 0.05) is 33.2 Å². The monoisotopic (exact) mass is 270 g/mol. The fourth-order valence-electron chi connectivity index (χ4n) is 3.54. The van der Waals surface area contributed by atoms with Gasteiger partial charge in [-0.25, -0.2) is 0 Å². The Labute approximate surface area is 115 Å². The van der Waals surface area contributed by atoms with Gasteiger partial charge in [-0.3, -0.25) is 4.79 Å². The molecule has 1 atom stereocenters. The highest BCUT2D eigenvalue weighted by Crippen LogP contribution is 2.45. The Morgan fingerprint density at radius 2 is 1.74 bits per heavy atom. The van der Waals surface area contributed by atoms with Crippen LogP contribution in [0.3, 0.4) is 0 Å². The maximum absolute atomic E-state index is 13.0. The number of hydrogen-bond donors (Lipinski definition) is 0. The third-order valence-corrected chi connectivity index (χ3v) is 4.53. The molecule has 4 heteroatoms. The molecule has 0 saturated carbocycles. The molecule has 2 aliphatic heterocycles. The van der Waals surface area contributed by atoms with Gasteiger partial charge in [0.2, 0.25) is 0 Å². The summed E-state index contributed by atoms with van der Waals surface area (Å²) in [4.78, 5) is 13.0. The molecule has 2 fully saturated rings. The molecule has 2 aliphatic rings. The second kappa shape index (κ2) is 4.83. The molecule has 0 aromatic heterocycles. The number of methoxy groups -OCH3 is 1. The Hall–Kier alpha value is -0.450. The molecule has 2 saturated heterocycles. The van der Waals surface area contributed by atoms with Crippen LogP contribution in [0, 0.1) is 5.92 Å². The molecule has 0 aromatic carbocycles. The Morgan fingerprint density at radius 1 is 1.16 bits per heavy atom. The highest BCUT2D eigenvalue weighted by Gasteiger charge is 2.54. The first-order valence-corrected chi connectivity index (χ1v) is 7.10. The first-order valence-electron chi connectivity index (χ1n) is 7.10. The molecule has 0 N–H and O–H groups in total. The highest BCUT2D eigenvalue weighted by molar-refractivity contribution is 5.91. The van der Waals surface area contributed by atoms with E-state index in [1.807, 2.05) is 27.7 Å². The minimum Gasteiger partial charge on any atom is -0.381 e. The smallest absolute Gasteiger partial charge is 0.170 e. The van der Waals surface area contributed by atoms with Gasteiger partial charge < -0.3 is 14.2 Å². The van der Waals surface area contributed by atoms with E-state index in [4.69, 9.17) is 14.2 Å². The molecule has 0 amide bonds. The van der Waals surface area contributed by atoms with Gasteiger partial charge in [-0.15, -0.1) is 0 Å². The van der Waals surface area contributed by atoms with E-state index in [0.29, 0.717) is 26.1 Å². The van der Waals surface area contributed by atoms with Crippen molar-refractivity contribution in [3.05, 3.63) is 0 Å². The number of Topliss-reactive ketones (excluding diaryl/α,β-unsaturated/α-hetero) is 1. The first-order chi connectivity index (χ1) is 8.72. The van der Waals surface area contributed by atoms with Gasteiger partial charge in [-0.05, 0) is 34.1 Å². The zero-order chi connectivity index (χ0) is 14.3. The summed E-state index contributed by atoms with van der Waals surface area (Å²) >= 11 is 0. The Balaban J connectivity index is 2.23. The van der Waals surface area contributed by atoms with Gasteiger partial charge in [0.25, 0.3) is 0 Å². The summed E-state index contributed by atoms with van der Waals surface area (Å²) < 4.78 is 17.0. The number of carbonyl (C=O) groups is 1. The molecule has 1 unspecified atom stereocenters. The van der Waals surface area contributed by atoms with E-state index in [2.05, 4.69) is 0 Å². The zero-order valence-electron chi connectivity index (χ0n) is 12.7. The van der Waals surface area contributed by atoms with Crippen molar-refractivity contribution in [3.8, 4) is 0 Å². The van der Waals surface area contributed by atoms with Crippen LogP contribution in [0.4, 0.5) is 0 Å². The lowest BCUT2D eigenvalue weighted by Crippen LogP contribution is -2.51. The van der Waals surface area contributed by atoms with Crippen LogP contribution in [-0.4, -0.2) is 42.9 Å². The van der Waals surface area contributed by atoms with Gasteiger partial charge in [-0.2, -0.15) is 0 Å². The maximum Gasteiger partial charge on any atom is 0.170 e. The third kappa shape index (κ3) is 2.71. The van der Waals surface area contributed by atoms with Gasteiger partial charge >= 0.3 is 0 Å². The summed E-state index contributed by atoms with van der Waals surface area (Å²) in [5, 5.41) is 0. The quantitative estimate of drug-likeness (QED) is 0.789. The highest BCUT2D eigenvalue weighted by atomic mass is 16.5. The normalized spacial score (nSPS) is 32.2. The molecule has 0 bridgehead atoms. The van der Waals surface area contributed by atoms with Gasteiger partial charge in [0.05, 0.1) is 17.1 Å². The molecule has 0 aromatic rings. The zero-order valence-corrected chi connectivity index (χ0v) is 12.7. The van der Waals surface area contributed by atoms with Gasteiger partial charge in [-0.1, -0.05) is 0 Å². The Kier molecular flexibility index (Phi) is 3.80. The molecule has 4 nitrogen and oxygen atoms in total. The van der Waals surface area contributed by atoms with Crippen molar-refractivity contribution in [2.45, 2.75) is 63.8 Å². The van der Waals surface area contributed by atoms with Crippen molar-refractivity contribution in [1.82, 2.24) is 0 Å². The number of rotatable bonds is 3. The van der Waals surface area contributed by atoms with Crippen LogP contribution in [0.15, 0.2) is 0 Å². The van der Waals surface area contributed by atoms with Crippen molar-refractivity contribution >= 4 is 5.78 Å². The van der Waals surface area contributed by atoms with E-state index in [0.717, 1.165) is 6.42 Å². The fourth-order valence-corrected chi connectivity index (χ4v) is 3.54. The SMILES string of the molecule is COC1(C(=O)C2CC(C)(C)OC2(C)C)CCOCC1. The van der Waals surface area contributed by atoms with Crippen LogP contribution in [0.25, 0.3) is 0 Å². The second-order valence-electron chi connectivity index (χ2n) is 6.90. The lowest BCUT2D eigenvalue weighted by atomic mass is 9.75. The average molecular weight is 270 g/mol. The van der Waals surface area contributed by atoms with E-state index < -0.39 is 11.2 Å². The molecule has 0 radical (unpaired) electrons. The second-order valence-corrected chi connectivity index (χ2v) is 6.90. The minimum absolute atomic E-state index is 0.111. The molecular formula is C15H26O4. The maximum atomic E-state index is 13.0. The predicted octanol–water partition coefficient (Wildman–Crippen LogP) is 2.34. The molecule has 19 heavy (non-hydrogen) atoms. The van der Waals surface area contributed by atoms with Crippen molar-refractivity contribution in [2.75, 3.05) is 20.3 Å². The molecular weight excluding hydrogens is 244 g/mol. The van der Waals surface area contributed by atoms with E-state index in [1.54, 1.807) is 7.11 Å². The third-order valence-electron chi connectivity index (χ3n) is 4.53. The minimum atomic E-state index is -0.677. The summed E-state index contributed by atoms with van der Waals surface area (Å²) in [5.41, 5.74) is -1.35. The van der Waals surface area contributed by atoms with Crippen molar-refractivity contribution < 1.29 is 19.0 Å². The van der Waals surface area contributed by atoms with Crippen molar-refractivity contribution in [3.63, 3.8) is 0 Å². The summed E-state index contributed by atoms with van der Waals surface area (Å²) in [6, 6.07) is 0. The molecule has 2 rings (SSSR count). The predicted molar refractivity (Wildman–Crippen MR) is 72.2 cm³/mol. The number of ether oxygens (including phenoxy) is 3. The number of carbonyl (C=O) groups excluding carboxylic acids is 1. The van der Waals surface area contributed by atoms with E-state index in [9.17, 15) is 4.79 Å². The Morgan fingerprint density at radius 3 is 2.16 bits per heavy atom. The summed E-state index contributed by atoms with van der Waals surface area (Å²) in [7, 11) is 1.64. The number of hydrogen-bond acceptors (Lipinski definition) is 4. The lowest BCUT2D eigenvalue weighted by molar-refractivity contribution is -0.162. The molecule has 110 valence electrons. The van der Waals surface area contributed by atoms with Crippen molar-refractivity contribution in [2.24, 2.45) is 5.92 Å². The lowest BCUT2D eigenvalue weighted by Gasteiger charge is -2.38. The van der Waals surface area contributed by atoms with Crippen LogP contribution in [0.5, 0.6) is 0 Å². The van der Waals surface area contributed by atoms with Crippen LogP contribution in [0.1, 0.15) is 47.0 Å². The number of ketones is 1. The van der Waals surface area contributed by atoms with Crippen LogP contribution in [-0.2, 0) is 19.0 Å². The summed E-state index contributed by atoms with van der Waals surface area (Å²) in [6.45, 7) is 9.30. The summed E-state index contributed by atoms with van der Waals surface area (Å²) in [6.07, 6.45) is 2.05. The van der Waals surface area contributed by atoms with Gasteiger partial charge in [0.1, 0.15) is 5.60 Å². The van der Waals surface area contributed by atoms with Crippen LogP contribution in [0.2, 0.25) is 0 Å². The molecule has 2 heterocycles. The standard InChI is InChI=1S/C15H26O4/c1-13(2)10-11(14(3,4)19-13)12(16)15(17-5)6-8-18-9-7-15/h11H,6-10H2,1-5H3. The van der Waals surface area contributed by atoms with E-state index in [-0.39, 0.29) is 17.3 Å². The van der Waals surface area contributed by atoms with E-state index in [1.165, 1.54) is 0 Å². The topological polar surface area (TPSA) is 44.8 Å². The average Bonchev–Trinajstić information content (AvgIpc) is 2.57. The molecule has 0 aliphatic carbocycles. The van der Waals surface area contributed by atoms with Crippen LogP contribution < -0.4 is 0 Å². The van der Waals surface area contributed by atoms with E-state index >= 15 is 0 Å². The fraction of sp³-hybridized carbons (Fsp3) is 0.933. The first kappa shape index (κ1) is 14.9. The van der Waals surface area contributed by atoms with Crippen molar-refractivity contribution in [1.29, 1.82) is 0 Å².